The number of ether oxygens (including phenoxy) is 1. The molecule has 0 saturated heterocycles. The van der Waals surface area contributed by atoms with E-state index in [9.17, 15) is 14.4 Å². The molecule has 1 N–H and O–H groups in total. The molecule has 0 aliphatic heterocycles. The van der Waals surface area contributed by atoms with Crippen LogP contribution < -0.4 is 5.43 Å². The molecule has 0 bridgehead atoms. The molecular formula is C25H20ClN3O4. The number of carbonyl (C=O) groups excluding carboxylic acids is 3. The Hall–Kier alpha value is -3.97. The highest BCUT2D eigenvalue weighted by molar-refractivity contribution is 6.29. The summed E-state index contributed by atoms with van der Waals surface area (Å²) in [5.41, 5.74) is 5.83. The number of nitrogens with zero attached hydrogens (tertiary/aromatic N) is 2. The third kappa shape index (κ3) is 4.78. The molecule has 33 heavy (non-hydrogen) atoms. The molecule has 0 unspecified atom stereocenters. The lowest BCUT2D eigenvalue weighted by molar-refractivity contribution is 0.0474. The van der Waals surface area contributed by atoms with E-state index in [4.69, 9.17) is 16.3 Å². The summed E-state index contributed by atoms with van der Waals surface area (Å²) in [6.07, 6.45) is 0. The van der Waals surface area contributed by atoms with Crippen molar-refractivity contribution in [2.24, 2.45) is 0 Å². The van der Waals surface area contributed by atoms with E-state index >= 15 is 0 Å². The van der Waals surface area contributed by atoms with Gasteiger partial charge in [0.15, 0.2) is 6.61 Å². The second-order valence-electron chi connectivity index (χ2n) is 7.47. The molecule has 8 heteroatoms. The first-order chi connectivity index (χ1) is 15.8. The predicted molar refractivity (Wildman–Crippen MR) is 125 cm³/mol. The van der Waals surface area contributed by atoms with Crippen LogP contribution in [0.4, 0.5) is 0 Å². The second-order valence-corrected chi connectivity index (χ2v) is 7.86. The van der Waals surface area contributed by atoms with Crippen LogP contribution in [0.25, 0.3) is 10.9 Å². The highest BCUT2D eigenvalue weighted by Crippen LogP contribution is 2.19. The minimum Gasteiger partial charge on any atom is -0.454 e. The van der Waals surface area contributed by atoms with Gasteiger partial charge in [-0.2, -0.15) is 0 Å². The van der Waals surface area contributed by atoms with E-state index in [-0.39, 0.29) is 11.7 Å². The number of Topliss-reactive ketones (excluding diaryl/α,β-unsaturated/α-hetero) is 1. The number of aryl methyl sites for hydroxylation is 1. The Morgan fingerprint density at radius 1 is 0.970 bits per heavy atom. The quantitative estimate of drug-likeness (QED) is 0.254. The van der Waals surface area contributed by atoms with Crippen molar-refractivity contribution in [3.8, 4) is 0 Å². The van der Waals surface area contributed by atoms with Gasteiger partial charge < -0.3 is 4.74 Å². The summed E-state index contributed by atoms with van der Waals surface area (Å²) in [6.45, 7) is 3.07. The van der Waals surface area contributed by atoms with Crippen molar-refractivity contribution in [2.75, 3.05) is 12.0 Å². The van der Waals surface area contributed by atoms with Crippen molar-refractivity contribution in [3.05, 3.63) is 100.0 Å². The highest BCUT2D eigenvalue weighted by Gasteiger charge is 2.19. The van der Waals surface area contributed by atoms with Gasteiger partial charge in [0.2, 0.25) is 5.78 Å². The van der Waals surface area contributed by atoms with E-state index in [1.54, 1.807) is 79.2 Å². The summed E-state index contributed by atoms with van der Waals surface area (Å²) >= 11 is 5.88. The molecule has 0 radical (unpaired) electrons. The first kappa shape index (κ1) is 22.2. The molecule has 0 atom stereocenters. The number of nitrogens with one attached hydrogen (secondary N) is 1. The van der Waals surface area contributed by atoms with E-state index < -0.39 is 12.6 Å². The van der Waals surface area contributed by atoms with E-state index in [2.05, 4.69) is 10.4 Å². The van der Waals surface area contributed by atoms with Crippen molar-refractivity contribution >= 4 is 40.2 Å². The molecule has 0 saturated carbocycles. The molecule has 2 aromatic carbocycles. The molecule has 2 aromatic heterocycles. The Bertz CT molecular complexity index is 1380. The fourth-order valence-electron chi connectivity index (χ4n) is 3.49. The zero-order valence-corrected chi connectivity index (χ0v) is 18.7. The molecule has 7 nitrogen and oxygen atoms in total. The number of benzene rings is 2. The molecule has 1 amide bonds. The van der Waals surface area contributed by atoms with Crippen LogP contribution >= 0.6 is 11.6 Å². The number of carbonyl (C=O) groups is 3. The van der Waals surface area contributed by atoms with E-state index in [1.165, 1.54) is 0 Å². The van der Waals surface area contributed by atoms with Crippen LogP contribution in [0.3, 0.4) is 0 Å². The predicted octanol–water partition coefficient (Wildman–Crippen LogP) is 4.73. The number of pyridine rings is 1. The van der Waals surface area contributed by atoms with E-state index in [1.807, 2.05) is 6.07 Å². The monoisotopic (exact) mass is 461 g/mol. The molecule has 0 aliphatic rings. The number of hydrogen-bond donors (Lipinski definition) is 1. The standard InChI is InChI=1S/C25H20ClN3O4/c1-15-12-20(16(2)29(15)28-24(31)17-6-4-3-5-7-17)22(30)14-33-25(32)19-8-10-21-18(13-19)9-11-23(26)27-21/h3-13H,14H2,1-2H3,(H,28,31). The van der Waals surface area contributed by atoms with E-state index in [0.717, 1.165) is 5.39 Å². The van der Waals surface area contributed by atoms with Crippen molar-refractivity contribution < 1.29 is 19.1 Å². The molecule has 2 heterocycles. The molecule has 166 valence electrons. The maximum absolute atomic E-state index is 12.7. The van der Waals surface area contributed by atoms with Crippen molar-refractivity contribution in [1.82, 2.24) is 9.66 Å². The van der Waals surface area contributed by atoms with Crippen molar-refractivity contribution in [3.63, 3.8) is 0 Å². The number of rotatable bonds is 6. The molecular weight excluding hydrogens is 442 g/mol. The van der Waals surface area contributed by atoms with Crippen molar-refractivity contribution in [1.29, 1.82) is 0 Å². The Kier molecular flexibility index (Phi) is 6.24. The fourth-order valence-corrected chi connectivity index (χ4v) is 3.65. The van der Waals surface area contributed by atoms with Crippen molar-refractivity contribution in [2.45, 2.75) is 13.8 Å². The zero-order chi connectivity index (χ0) is 23.5. The Morgan fingerprint density at radius 2 is 1.73 bits per heavy atom. The van der Waals surface area contributed by atoms with Crippen LogP contribution in [0, 0.1) is 13.8 Å². The lowest BCUT2D eigenvalue weighted by Gasteiger charge is -2.11. The Morgan fingerprint density at radius 3 is 2.48 bits per heavy atom. The topological polar surface area (TPSA) is 90.3 Å². The minimum atomic E-state index is -0.619. The van der Waals surface area contributed by atoms with E-state index in [0.29, 0.717) is 38.7 Å². The number of aromatic nitrogens is 2. The third-order valence-corrected chi connectivity index (χ3v) is 5.42. The zero-order valence-electron chi connectivity index (χ0n) is 18.0. The van der Waals surface area contributed by atoms with Gasteiger partial charge in [0.05, 0.1) is 11.1 Å². The lowest BCUT2D eigenvalue weighted by atomic mass is 10.1. The van der Waals surface area contributed by atoms with Gasteiger partial charge >= 0.3 is 5.97 Å². The number of fused-ring (bicyclic) bond motifs is 1. The van der Waals surface area contributed by atoms with Gasteiger partial charge in [-0.25, -0.2) is 9.78 Å². The van der Waals surface area contributed by atoms with Crippen LogP contribution in [0.2, 0.25) is 5.15 Å². The second kappa shape index (κ2) is 9.26. The molecule has 0 fully saturated rings. The highest BCUT2D eigenvalue weighted by atomic mass is 35.5. The van der Waals surface area contributed by atoms with Gasteiger partial charge in [0.1, 0.15) is 5.15 Å². The Labute approximate surface area is 194 Å². The average Bonchev–Trinajstić information content (AvgIpc) is 3.10. The average molecular weight is 462 g/mol. The van der Waals surface area contributed by atoms with Gasteiger partial charge in [-0.05, 0) is 62.4 Å². The van der Waals surface area contributed by atoms with Gasteiger partial charge in [0.25, 0.3) is 5.91 Å². The molecule has 4 aromatic rings. The summed E-state index contributed by atoms with van der Waals surface area (Å²) in [5, 5.41) is 1.10. The number of ketones is 1. The summed E-state index contributed by atoms with van der Waals surface area (Å²) in [5.74, 6) is -1.29. The third-order valence-electron chi connectivity index (χ3n) is 5.21. The van der Waals surface area contributed by atoms with Crippen LogP contribution in [-0.2, 0) is 4.74 Å². The first-order valence-corrected chi connectivity index (χ1v) is 10.5. The molecule has 0 spiro atoms. The lowest BCUT2D eigenvalue weighted by Crippen LogP contribution is -2.25. The summed E-state index contributed by atoms with van der Waals surface area (Å²) in [7, 11) is 0. The number of amides is 1. The minimum absolute atomic E-state index is 0.296. The summed E-state index contributed by atoms with van der Waals surface area (Å²) < 4.78 is 6.79. The van der Waals surface area contributed by atoms with Crippen LogP contribution in [0.1, 0.15) is 42.5 Å². The normalized spacial score (nSPS) is 10.8. The SMILES string of the molecule is Cc1cc(C(=O)COC(=O)c2ccc3nc(Cl)ccc3c2)c(C)n1NC(=O)c1ccccc1. The smallest absolute Gasteiger partial charge is 0.338 e. The summed E-state index contributed by atoms with van der Waals surface area (Å²) in [4.78, 5) is 41.9. The maximum atomic E-state index is 12.7. The van der Waals surface area contributed by atoms with Crippen LogP contribution in [0.5, 0.6) is 0 Å². The first-order valence-electron chi connectivity index (χ1n) is 10.2. The molecule has 0 aliphatic carbocycles. The number of hydrogen-bond acceptors (Lipinski definition) is 5. The fraction of sp³-hybridized carbons (Fsp3) is 0.120. The van der Waals surface area contributed by atoms with Gasteiger partial charge in [-0.3, -0.25) is 19.7 Å². The largest absolute Gasteiger partial charge is 0.454 e. The maximum Gasteiger partial charge on any atom is 0.338 e. The van der Waals surface area contributed by atoms with Crippen LogP contribution in [0.15, 0.2) is 66.7 Å². The summed E-state index contributed by atoms with van der Waals surface area (Å²) in [6, 6.07) is 18.7. The number of esters is 1. The Balaban J connectivity index is 1.44. The van der Waals surface area contributed by atoms with Gasteiger partial charge in [-0.1, -0.05) is 29.8 Å². The number of halogens is 1. The van der Waals surface area contributed by atoms with Gasteiger partial charge in [-0.15, -0.1) is 0 Å². The molecule has 4 rings (SSSR count). The van der Waals surface area contributed by atoms with Gasteiger partial charge in [0, 0.05) is 27.9 Å². The van der Waals surface area contributed by atoms with Crippen LogP contribution in [-0.4, -0.2) is 33.9 Å².